The second kappa shape index (κ2) is 6.14. The molecule has 1 amide bonds. The maximum atomic E-state index is 11.7. The highest BCUT2D eigenvalue weighted by Crippen LogP contribution is 2.07. The van der Waals surface area contributed by atoms with Crippen molar-refractivity contribution in [3.63, 3.8) is 0 Å². The molecule has 0 saturated carbocycles. The zero-order chi connectivity index (χ0) is 12.0. The molecule has 0 aliphatic rings. The number of carbonyl (C=O) groups is 1. The van der Waals surface area contributed by atoms with Gasteiger partial charge < -0.3 is 5.32 Å². The van der Waals surface area contributed by atoms with Crippen molar-refractivity contribution in [3.05, 3.63) is 35.4 Å². The molecule has 0 fully saturated rings. The number of halogens is 1. The van der Waals surface area contributed by atoms with Crippen LogP contribution in [0.3, 0.4) is 0 Å². The third kappa shape index (κ3) is 3.56. The molecule has 1 unspecified atom stereocenters. The van der Waals surface area contributed by atoms with Crippen molar-refractivity contribution in [1.29, 1.82) is 5.26 Å². The van der Waals surface area contributed by atoms with E-state index in [9.17, 15) is 4.79 Å². The molecule has 1 aromatic rings. The van der Waals surface area contributed by atoms with Crippen molar-refractivity contribution in [2.75, 3.05) is 0 Å². The van der Waals surface area contributed by atoms with Gasteiger partial charge in [-0.2, -0.15) is 5.26 Å². The van der Waals surface area contributed by atoms with Crippen LogP contribution in [0, 0.1) is 11.3 Å². The molecule has 1 aromatic carbocycles. The van der Waals surface area contributed by atoms with Crippen molar-refractivity contribution in [2.45, 2.75) is 25.3 Å². The van der Waals surface area contributed by atoms with E-state index in [0.717, 1.165) is 5.56 Å². The summed E-state index contributed by atoms with van der Waals surface area (Å²) in [7, 11) is 0. The number of benzene rings is 1. The van der Waals surface area contributed by atoms with Crippen molar-refractivity contribution < 1.29 is 4.79 Å². The Bertz CT molecular complexity index is 394. The van der Waals surface area contributed by atoms with Gasteiger partial charge in [0.25, 0.3) is 5.91 Å². The molecule has 0 radical (unpaired) electrons. The topological polar surface area (TPSA) is 52.9 Å². The monoisotopic (exact) mass is 236 g/mol. The molecule has 0 aliphatic heterocycles. The third-order valence-corrected chi connectivity index (χ3v) is 2.45. The molecular weight excluding hydrogens is 224 g/mol. The van der Waals surface area contributed by atoms with Gasteiger partial charge in [0.2, 0.25) is 0 Å². The van der Waals surface area contributed by atoms with E-state index >= 15 is 0 Å². The van der Waals surface area contributed by atoms with E-state index < -0.39 is 0 Å². The van der Waals surface area contributed by atoms with Crippen LogP contribution in [0.25, 0.3) is 0 Å². The average Bonchev–Trinajstić information content (AvgIpc) is 2.29. The van der Waals surface area contributed by atoms with E-state index in [-0.39, 0.29) is 11.9 Å². The molecule has 1 atom stereocenters. The maximum Gasteiger partial charge on any atom is 0.251 e. The third-order valence-electron chi connectivity index (χ3n) is 2.15. The van der Waals surface area contributed by atoms with Gasteiger partial charge in [-0.15, -0.1) is 11.6 Å². The van der Waals surface area contributed by atoms with Crippen LogP contribution in [0.5, 0.6) is 0 Å². The molecule has 3 nitrogen and oxygen atoms in total. The lowest BCUT2D eigenvalue weighted by Gasteiger charge is -2.10. The minimum atomic E-state index is -0.163. The molecule has 0 aromatic heterocycles. The van der Waals surface area contributed by atoms with Crippen LogP contribution in [0.4, 0.5) is 0 Å². The van der Waals surface area contributed by atoms with E-state index in [0.29, 0.717) is 17.9 Å². The van der Waals surface area contributed by atoms with E-state index in [1.165, 1.54) is 0 Å². The van der Waals surface area contributed by atoms with Crippen LogP contribution in [0.2, 0.25) is 0 Å². The number of nitrogens with one attached hydrogen (secondary N) is 1. The summed E-state index contributed by atoms with van der Waals surface area (Å²) in [5.41, 5.74) is 1.56. The fourth-order valence-corrected chi connectivity index (χ4v) is 1.42. The zero-order valence-corrected chi connectivity index (χ0v) is 9.79. The van der Waals surface area contributed by atoms with Crippen LogP contribution in [-0.2, 0) is 5.88 Å². The first kappa shape index (κ1) is 12.5. The van der Waals surface area contributed by atoms with Crippen molar-refractivity contribution in [2.24, 2.45) is 0 Å². The molecule has 0 heterocycles. The highest BCUT2D eigenvalue weighted by molar-refractivity contribution is 6.17. The summed E-state index contributed by atoms with van der Waals surface area (Å²) < 4.78 is 0. The number of hydrogen-bond acceptors (Lipinski definition) is 2. The molecule has 1 N–H and O–H groups in total. The first-order valence-corrected chi connectivity index (χ1v) is 5.53. The number of carbonyl (C=O) groups excluding carboxylic acids is 1. The first-order valence-electron chi connectivity index (χ1n) is 5.00. The Morgan fingerprint density at radius 2 is 2.12 bits per heavy atom. The standard InChI is InChI=1S/C12H13ClN2O/c1-9(6-7-14)15-12(16)11-4-2-10(8-13)3-5-11/h2-5,9H,6,8H2,1H3,(H,15,16). The number of nitriles is 1. The van der Waals surface area contributed by atoms with Crippen LogP contribution >= 0.6 is 11.6 Å². The summed E-state index contributed by atoms with van der Waals surface area (Å²) >= 11 is 5.65. The van der Waals surface area contributed by atoms with Crippen molar-refractivity contribution in [1.82, 2.24) is 5.32 Å². The highest BCUT2D eigenvalue weighted by atomic mass is 35.5. The summed E-state index contributed by atoms with van der Waals surface area (Å²) in [4.78, 5) is 11.7. The lowest BCUT2D eigenvalue weighted by molar-refractivity contribution is 0.0941. The Morgan fingerprint density at radius 1 is 1.50 bits per heavy atom. The van der Waals surface area contributed by atoms with Gasteiger partial charge in [-0.25, -0.2) is 0 Å². The Labute approximate surface area is 100 Å². The molecule has 0 spiro atoms. The van der Waals surface area contributed by atoms with Gasteiger partial charge >= 0.3 is 0 Å². The fourth-order valence-electron chi connectivity index (χ4n) is 1.24. The molecule has 1 rings (SSSR count). The van der Waals surface area contributed by atoms with Crippen molar-refractivity contribution in [3.8, 4) is 6.07 Å². The van der Waals surface area contributed by atoms with Crippen molar-refractivity contribution >= 4 is 17.5 Å². The minimum Gasteiger partial charge on any atom is -0.349 e. The summed E-state index contributed by atoms with van der Waals surface area (Å²) in [5.74, 6) is 0.274. The minimum absolute atomic E-state index is 0.134. The second-order valence-corrected chi connectivity index (χ2v) is 3.83. The maximum absolute atomic E-state index is 11.7. The molecule has 0 bridgehead atoms. The lowest BCUT2D eigenvalue weighted by Crippen LogP contribution is -2.32. The number of alkyl halides is 1. The molecule has 0 aliphatic carbocycles. The van der Waals surface area contributed by atoms with Gasteiger partial charge in [-0.1, -0.05) is 12.1 Å². The van der Waals surface area contributed by atoms with Crippen LogP contribution in [0.15, 0.2) is 24.3 Å². The Kier molecular flexibility index (Phi) is 4.81. The summed E-state index contributed by atoms with van der Waals surface area (Å²) in [6.45, 7) is 1.80. The molecule has 16 heavy (non-hydrogen) atoms. The van der Waals surface area contributed by atoms with Gasteiger partial charge in [0, 0.05) is 17.5 Å². The smallest absolute Gasteiger partial charge is 0.251 e. The molecule has 0 saturated heterocycles. The van der Waals surface area contributed by atoms with Crippen LogP contribution < -0.4 is 5.32 Å². The predicted molar refractivity (Wildman–Crippen MR) is 63.2 cm³/mol. The Morgan fingerprint density at radius 3 is 2.62 bits per heavy atom. The van der Waals surface area contributed by atoms with Gasteiger partial charge in [0.05, 0.1) is 12.5 Å². The molecule has 4 heteroatoms. The fraction of sp³-hybridized carbons (Fsp3) is 0.333. The number of amides is 1. The van der Waals surface area contributed by atoms with Crippen LogP contribution in [0.1, 0.15) is 29.3 Å². The number of nitrogens with zero attached hydrogens (tertiary/aromatic N) is 1. The Hall–Kier alpha value is -1.53. The highest BCUT2D eigenvalue weighted by Gasteiger charge is 2.08. The van der Waals surface area contributed by atoms with E-state index in [1.54, 1.807) is 19.1 Å². The van der Waals surface area contributed by atoms with Gasteiger partial charge in [-0.05, 0) is 24.6 Å². The predicted octanol–water partition coefficient (Wildman–Crippen LogP) is 2.46. The SMILES string of the molecule is CC(CC#N)NC(=O)c1ccc(CCl)cc1. The largest absolute Gasteiger partial charge is 0.349 e. The number of hydrogen-bond donors (Lipinski definition) is 1. The quantitative estimate of drug-likeness (QED) is 0.817. The van der Waals surface area contributed by atoms with E-state index in [1.807, 2.05) is 18.2 Å². The van der Waals surface area contributed by atoms with E-state index in [2.05, 4.69) is 5.32 Å². The van der Waals surface area contributed by atoms with Gasteiger partial charge in [0.1, 0.15) is 0 Å². The number of rotatable bonds is 4. The summed E-state index contributed by atoms with van der Waals surface area (Å²) in [5, 5.41) is 11.2. The van der Waals surface area contributed by atoms with Gasteiger partial charge in [-0.3, -0.25) is 4.79 Å². The first-order chi connectivity index (χ1) is 7.67. The van der Waals surface area contributed by atoms with Gasteiger partial charge in [0.15, 0.2) is 0 Å². The molecular formula is C12H13ClN2O. The molecule has 84 valence electrons. The summed E-state index contributed by atoms with van der Waals surface area (Å²) in [6.07, 6.45) is 0.311. The lowest BCUT2D eigenvalue weighted by atomic mass is 10.1. The van der Waals surface area contributed by atoms with Crippen LogP contribution in [-0.4, -0.2) is 11.9 Å². The summed E-state index contributed by atoms with van der Waals surface area (Å²) in [6, 6.07) is 8.97. The second-order valence-electron chi connectivity index (χ2n) is 3.57. The Balaban J connectivity index is 2.63. The zero-order valence-electron chi connectivity index (χ0n) is 9.03. The van der Waals surface area contributed by atoms with E-state index in [4.69, 9.17) is 16.9 Å². The normalized spacial score (nSPS) is 11.6. The average molecular weight is 237 g/mol.